The third-order valence-corrected chi connectivity index (χ3v) is 3.02. The maximum Gasteiger partial charge on any atom is 0.417 e. The van der Waals surface area contributed by atoms with Gasteiger partial charge >= 0.3 is 6.18 Å². The van der Waals surface area contributed by atoms with Crippen molar-refractivity contribution in [3.63, 3.8) is 0 Å². The average molecular weight is 310 g/mol. The first kappa shape index (κ1) is 15.9. The van der Waals surface area contributed by atoms with Crippen molar-refractivity contribution in [2.45, 2.75) is 19.7 Å². The molecule has 0 heterocycles. The zero-order chi connectivity index (χ0) is 16.3. The lowest BCUT2D eigenvalue weighted by Gasteiger charge is -2.15. The van der Waals surface area contributed by atoms with Crippen LogP contribution in [-0.2, 0) is 12.8 Å². The second-order valence-corrected chi connectivity index (χ2v) is 4.69. The van der Waals surface area contributed by atoms with Crippen molar-refractivity contribution in [2.75, 3.05) is 0 Å². The summed E-state index contributed by atoms with van der Waals surface area (Å²) in [6, 6.07) is 10.2. The lowest BCUT2D eigenvalue weighted by molar-refractivity contribution is -0.138. The van der Waals surface area contributed by atoms with E-state index in [1.54, 1.807) is 30.3 Å². The first-order valence-electron chi connectivity index (χ1n) is 6.41. The molecule has 0 bridgehead atoms. The second-order valence-electron chi connectivity index (χ2n) is 4.69. The molecule has 0 amide bonds. The van der Waals surface area contributed by atoms with Gasteiger partial charge in [0.2, 0.25) is 0 Å². The van der Waals surface area contributed by atoms with Crippen LogP contribution in [0, 0.1) is 0 Å². The monoisotopic (exact) mass is 310 g/mol. The first-order chi connectivity index (χ1) is 10.3. The smallest absolute Gasteiger partial charge is 0.417 e. The van der Waals surface area contributed by atoms with Crippen LogP contribution in [-0.4, -0.2) is 10.9 Å². The van der Waals surface area contributed by atoms with Gasteiger partial charge in [0.1, 0.15) is 6.61 Å². The van der Waals surface area contributed by atoms with Crippen LogP contribution >= 0.6 is 0 Å². The van der Waals surface area contributed by atoms with Crippen LogP contribution in [0.3, 0.4) is 0 Å². The van der Waals surface area contributed by atoms with Crippen molar-refractivity contribution in [1.29, 1.82) is 0 Å². The Kier molecular flexibility index (Phi) is 4.40. The molecule has 0 saturated heterocycles. The molecule has 2 rings (SSSR count). The number of alkyl halides is 3. The highest BCUT2D eigenvalue weighted by atomic mass is 19.4. The van der Waals surface area contributed by atoms with Gasteiger partial charge in [-0.3, -0.25) is 4.79 Å². The summed E-state index contributed by atoms with van der Waals surface area (Å²) in [7, 11) is 0. The van der Waals surface area contributed by atoms with Gasteiger partial charge in [0.25, 0.3) is 0 Å². The Hall–Kier alpha value is -2.50. The van der Waals surface area contributed by atoms with Crippen molar-refractivity contribution < 1.29 is 27.8 Å². The minimum atomic E-state index is -4.71. The predicted octanol–water partition coefficient (Wildman–Crippen LogP) is 4.19. The van der Waals surface area contributed by atoms with Crippen molar-refractivity contribution in [1.82, 2.24) is 0 Å². The molecule has 0 aliphatic rings. The normalized spacial score (nSPS) is 11.3. The molecule has 22 heavy (non-hydrogen) atoms. The zero-order valence-electron chi connectivity index (χ0n) is 11.6. The van der Waals surface area contributed by atoms with Gasteiger partial charge in [-0.05, 0) is 24.6 Å². The van der Waals surface area contributed by atoms with E-state index >= 15 is 0 Å². The van der Waals surface area contributed by atoms with E-state index in [-0.39, 0.29) is 12.4 Å². The molecule has 0 aromatic heterocycles. The quantitative estimate of drug-likeness (QED) is 0.861. The third kappa shape index (κ3) is 3.58. The van der Waals surface area contributed by atoms with Gasteiger partial charge in [0.15, 0.2) is 17.3 Å². The fourth-order valence-electron chi connectivity index (χ4n) is 1.95. The largest absolute Gasteiger partial charge is 0.504 e. The molecule has 2 aromatic rings. The standard InChI is InChI=1S/C16H13F3O3/c1-10(20)12-7-14(21)15(8-13(12)16(17,18)19)22-9-11-5-3-2-4-6-11/h2-8,21H,9H2,1H3. The molecule has 0 spiro atoms. The van der Waals surface area contributed by atoms with Crippen LogP contribution in [0.2, 0.25) is 0 Å². The maximum atomic E-state index is 13.0. The molecule has 0 fully saturated rings. The number of aromatic hydroxyl groups is 1. The van der Waals surface area contributed by atoms with Gasteiger partial charge in [-0.1, -0.05) is 30.3 Å². The number of carbonyl (C=O) groups excluding carboxylic acids is 1. The summed E-state index contributed by atoms with van der Waals surface area (Å²) in [4.78, 5) is 11.3. The fraction of sp³-hybridized carbons (Fsp3) is 0.188. The van der Waals surface area contributed by atoms with E-state index in [1.165, 1.54) is 0 Å². The molecule has 3 nitrogen and oxygen atoms in total. The van der Waals surface area contributed by atoms with E-state index in [9.17, 15) is 23.1 Å². The minimum Gasteiger partial charge on any atom is -0.504 e. The molecule has 0 unspecified atom stereocenters. The number of phenolic OH excluding ortho intramolecular Hbond substituents is 1. The summed E-state index contributed by atoms with van der Waals surface area (Å²) in [6.07, 6.45) is -4.71. The van der Waals surface area contributed by atoms with Crippen LogP contribution in [0.15, 0.2) is 42.5 Å². The Bertz CT molecular complexity index is 679. The molecule has 0 radical (unpaired) electrons. The number of Topliss-reactive ketones (excluding diaryl/α,β-unsaturated/α-hetero) is 1. The van der Waals surface area contributed by atoms with Gasteiger partial charge in [0, 0.05) is 5.56 Å². The van der Waals surface area contributed by atoms with Crippen LogP contribution < -0.4 is 4.74 Å². The SMILES string of the molecule is CC(=O)c1cc(O)c(OCc2ccccc2)cc1C(F)(F)F. The molecule has 116 valence electrons. The summed E-state index contributed by atoms with van der Waals surface area (Å²) in [6.45, 7) is 1.01. The molecular formula is C16H13F3O3. The molecule has 1 N–H and O–H groups in total. The number of ketones is 1. The summed E-state index contributed by atoms with van der Waals surface area (Å²) in [5.41, 5.74) is -0.968. The van der Waals surface area contributed by atoms with Crippen LogP contribution in [0.4, 0.5) is 13.2 Å². The maximum absolute atomic E-state index is 13.0. The highest BCUT2D eigenvalue weighted by Crippen LogP contribution is 2.39. The van der Waals surface area contributed by atoms with Crippen LogP contribution in [0.25, 0.3) is 0 Å². The van der Waals surface area contributed by atoms with Crippen molar-refractivity contribution in [3.8, 4) is 11.5 Å². The topological polar surface area (TPSA) is 46.5 Å². The van der Waals surface area contributed by atoms with Crippen molar-refractivity contribution >= 4 is 5.78 Å². The third-order valence-electron chi connectivity index (χ3n) is 3.02. The van der Waals surface area contributed by atoms with Crippen molar-refractivity contribution in [2.24, 2.45) is 0 Å². The zero-order valence-corrected chi connectivity index (χ0v) is 11.6. The minimum absolute atomic E-state index is 0.00507. The van der Waals surface area contributed by atoms with E-state index in [1.807, 2.05) is 0 Å². The summed E-state index contributed by atoms with van der Waals surface area (Å²) < 4.78 is 44.2. The number of carbonyl (C=O) groups is 1. The number of hydrogen-bond donors (Lipinski definition) is 1. The van der Waals surface area contributed by atoms with E-state index in [2.05, 4.69) is 0 Å². The molecule has 6 heteroatoms. The molecule has 0 saturated carbocycles. The van der Waals surface area contributed by atoms with Gasteiger partial charge in [-0.2, -0.15) is 13.2 Å². The van der Waals surface area contributed by atoms with E-state index in [4.69, 9.17) is 4.74 Å². The molecule has 0 aliphatic heterocycles. The van der Waals surface area contributed by atoms with E-state index < -0.39 is 28.8 Å². The van der Waals surface area contributed by atoms with Gasteiger partial charge < -0.3 is 9.84 Å². The van der Waals surface area contributed by atoms with Gasteiger partial charge in [-0.15, -0.1) is 0 Å². The summed E-state index contributed by atoms with van der Waals surface area (Å²) in [5.74, 6) is -1.60. The number of hydrogen-bond acceptors (Lipinski definition) is 3. The Labute approximate surface area is 125 Å². The number of benzene rings is 2. The Morgan fingerprint density at radius 3 is 2.36 bits per heavy atom. The number of phenols is 1. The average Bonchev–Trinajstić information content (AvgIpc) is 2.45. The number of ether oxygens (including phenoxy) is 1. The molecule has 0 aliphatic carbocycles. The van der Waals surface area contributed by atoms with Gasteiger partial charge in [-0.25, -0.2) is 0 Å². The number of rotatable bonds is 4. The second kappa shape index (κ2) is 6.09. The molecular weight excluding hydrogens is 297 g/mol. The highest BCUT2D eigenvalue weighted by Gasteiger charge is 2.35. The Balaban J connectivity index is 2.34. The lowest BCUT2D eigenvalue weighted by atomic mass is 10.0. The van der Waals surface area contributed by atoms with Crippen LogP contribution in [0.1, 0.15) is 28.4 Å². The number of halogens is 3. The van der Waals surface area contributed by atoms with E-state index in [0.29, 0.717) is 6.07 Å². The van der Waals surface area contributed by atoms with Gasteiger partial charge in [0.05, 0.1) is 5.56 Å². The Morgan fingerprint density at radius 2 is 1.82 bits per heavy atom. The van der Waals surface area contributed by atoms with Crippen molar-refractivity contribution in [3.05, 3.63) is 59.2 Å². The Morgan fingerprint density at radius 1 is 1.18 bits per heavy atom. The van der Waals surface area contributed by atoms with Crippen LogP contribution in [0.5, 0.6) is 11.5 Å². The molecule has 2 aromatic carbocycles. The predicted molar refractivity (Wildman–Crippen MR) is 73.9 cm³/mol. The molecule has 0 atom stereocenters. The highest BCUT2D eigenvalue weighted by molar-refractivity contribution is 5.96. The first-order valence-corrected chi connectivity index (χ1v) is 6.41. The fourth-order valence-corrected chi connectivity index (χ4v) is 1.95. The lowest BCUT2D eigenvalue weighted by Crippen LogP contribution is -2.12. The van der Waals surface area contributed by atoms with E-state index in [0.717, 1.165) is 18.6 Å². The summed E-state index contributed by atoms with van der Waals surface area (Å²) in [5, 5.41) is 9.76. The summed E-state index contributed by atoms with van der Waals surface area (Å²) >= 11 is 0.